The summed E-state index contributed by atoms with van der Waals surface area (Å²) in [7, 11) is 0. The fourth-order valence-electron chi connectivity index (χ4n) is 2.53. The molecule has 3 rings (SSSR count). The van der Waals surface area contributed by atoms with E-state index in [1.165, 1.54) is 12.1 Å². The van der Waals surface area contributed by atoms with Crippen LogP contribution in [0.3, 0.4) is 0 Å². The third kappa shape index (κ3) is 4.39. The van der Waals surface area contributed by atoms with E-state index in [1.54, 1.807) is 31.2 Å². The average molecular weight is 442 g/mol. The van der Waals surface area contributed by atoms with Crippen LogP contribution in [0.4, 0.5) is 23.2 Å². The molecule has 0 unspecified atom stereocenters. The summed E-state index contributed by atoms with van der Waals surface area (Å²) < 4.78 is 59.1. The number of rotatable bonds is 3. The molecule has 8 heteroatoms. The van der Waals surface area contributed by atoms with Crippen molar-refractivity contribution in [3.8, 4) is 11.3 Å². The van der Waals surface area contributed by atoms with Crippen molar-refractivity contribution in [3.63, 3.8) is 0 Å². The molecule has 0 saturated carbocycles. The first-order valence-electron chi connectivity index (χ1n) is 7.69. The molecule has 0 fully saturated rings. The van der Waals surface area contributed by atoms with Gasteiger partial charge in [-0.1, -0.05) is 28.1 Å². The molecule has 0 bridgehead atoms. The van der Waals surface area contributed by atoms with Crippen LogP contribution in [-0.4, -0.2) is 5.91 Å². The number of furan rings is 1. The molecule has 1 amide bonds. The maximum absolute atomic E-state index is 13.5. The Balaban J connectivity index is 2.00. The molecule has 27 heavy (non-hydrogen) atoms. The molecule has 2 aromatic carbocycles. The zero-order valence-electron chi connectivity index (χ0n) is 13.8. The minimum absolute atomic E-state index is 0.0528. The van der Waals surface area contributed by atoms with Gasteiger partial charge in [0, 0.05) is 15.7 Å². The van der Waals surface area contributed by atoms with Gasteiger partial charge in [-0.2, -0.15) is 13.2 Å². The van der Waals surface area contributed by atoms with Crippen LogP contribution in [0, 0.1) is 12.7 Å². The molecule has 3 nitrogen and oxygen atoms in total. The van der Waals surface area contributed by atoms with Crippen LogP contribution in [0.25, 0.3) is 11.3 Å². The number of benzene rings is 2. The van der Waals surface area contributed by atoms with E-state index >= 15 is 0 Å². The van der Waals surface area contributed by atoms with Crippen molar-refractivity contribution in [2.24, 2.45) is 0 Å². The monoisotopic (exact) mass is 441 g/mol. The summed E-state index contributed by atoms with van der Waals surface area (Å²) in [6, 6.07) is 11.1. The molecule has 0 saturated heterocycles. The lowest BCUT2D eigenvalue weighted by Gasteiger charge is -2.08. The highest BCUT2D eigenvalue weighted by atomic mass is 79.9. The first-order valence-corrected chi connectivity index (χ1v) is 8.48. The number of hydrogen-bond acceptors (Lipinski definition) is 2. The van der Waals surface area contributed by atoms with Crippen molar-refractivity contribution in [3.05, 3.63) is 75.7 Å². The normalized spacial score (nSPS) is 11.5. The minimum atomic E-state index is -4.86. The number of halogens is 5. The highest BCUT2D eigenvalue weighted by molar-refractivity contribution is 9.10. The van der Waals surface area contributed by atoms with E-state index in [2.05, 4.69) is 21.2 Å². The largest absolute Gasteiger partial charge is 0.451 e. The summed E-state index contributed by atoms with van der Waals surface area (Å²) in [4.78, 5) is 12.4. The number of nitrogens with one attached hydrogen (secondary N) is 1. The predicted octanol–water partition coefficient (Wildman–Crippen LogP) is 6.43. The number of carbonyl (C=O) groups excluding carboxylic acids is 1. The third-order valence-corrected chi connectivity index (χ3v) is 4.19. The molecule has 1 N–H and O–H groups in total. The van der Waals surface area contributed by atoms with Crippen LogP contribution in [0.5, 0.6) is 0 Å². The maximum atomic E-state index is 13.5. The van der Waals surface area contributed by atoms with Gasteiger partial charge >= 0.3 is 6.18 Å². The second kappa shape index (κ2) is 7.19. The predicted molar refractivity (Wildman–Crippen MR) is 95.9 cm³/mol. The molecule has 0 aliphatic heterocycles. The number of carbonyl (C=O) groups is 1. The van der Waals surface area contributed by atoms with Crippen molar-refractivity contribution >= 4 is 27.5 Å². The van der Waals surface area contributed by atoms with Crippen molar-refractivity contribution in [2.75, 3.05) is 5.32 Å². The summed E-state index contributed by atoms with van der Waals surface area (Å²) in [5.74, 6) is -3.16. The van der Waals surface area contributed by atoms with Gasteiger partial charge in [0.15, 0.2) is 0 Å². The number of aryl methyl sites for hydroxylation is 1. The van der Waals surface area contributed by atoms with Crippen LogP contribution in [0.2, 0.25) is 0 Å². The molecule has 0 aliphatic rings. The number of anilines is 1. The number of amides is 1. The van der Waals surface area contributed by atoms with Gasteiger partial charge in [-0.25, -0.2) is 4.39 Å². The van der Waals surface area contributed by atoms with Gasteiger partial charge in [-0.15, -0.1) is 0 Å². The zero-order chi connectivity index (χ0) is 19.8. The Labute approximate surface area is 160 Å². The van der Waals surface area contributed by atoms with Gasteiger partial charge < -0.3 is 9.73 Å². The standard InChI is InChI=1S/C19H12BrF4NO2/c1-10-6-13(21)8-14(7-10)25-18(26)15-9-16(27-17(15)19(22,23)24)11-2-4-12(20)5-3-11/h2-9H,1H3,(H,25,26). The second-order valence-electron chi connectivity index (χ2n) is 5.83. The quantitative estimate of drug-likeness (QED) is 0.476. The number of alkyl halides is 3. The fourth-order valence-corrected chi connectivity index (χ4v) is 2.80. The molecule has 0 aliphatic carbocycles. The van der Waals surface area contributed by atoms with E-state index in [1.807, 2.05) is 0 Å². The Kier molecular flexibility index (Phi) is 5.10. The summed E-state index contributed by atoms with van der Waals surface area (Å²) in [5.41, 5.74) is 0.271. The molecular weight excluding hydrogens is 430 g/mol. The highest BCUT2D eigenvalue weighted by Gasteiger charge is 2.40. The van der Waals surface area contributed by atoms with Gasteiger partial charge in [0.1, 0.15) is 11.6 Å². The zero-order valence-corrected chi connectivity index (χ0v) is 15.4. The van der Waals surface area contributed by atoms with Crippen molar-refractivity contribution < 1.29 is 26.8 Å². The molecule has 0 atom stereocenters. The van der Waals surface area contributed by atoms with Gasteiger partial charge in [0.05, 0.1) is 5.56 Å². The molecule has 140 valence electrons. The fraction of sp³-hybridized carbons (Fsp3) is 0.105. The third-order valence-electron chi connectivity index (χ3n) is 3.66. The van der Waals surface area contributed by atoms with Crippen molar-refractivity contribution in [1.82, 2.24) is 0 Å². The maximum Gasteiger partial charge on any atom is 0.450 e. The van der Waals surface area contributed by atoms with Crippen LogP contribution < -0.4 is 5.32 Å². The van der Waals surface area contributed by atoms with Crippen LogP contribution >= 0.6 is 15.9 Å². The van der Waals surface area contributed by atoms with E-state index in [9.17, 15) is 22.4 Å². The lowest BCUT2D eigenvalue weighted by Crippen LogP contribution is -2.17. The second-order valence-corrected chi connectivity index (χ2v) is 6.75. The molecular formula is C19H12BrF4NO2. The van der Waals surface area contributed by atoms with Crippen LogP contribution in [0.1, 0.15) is 21.7 Å². The topological polar surface area (TPSA) is 42.2 Å². The van der Waals surface area contributed by atoms with Gasteiger partial charge in [-0.3, -0.25) is 4.79 Å². The van der Waals surface area contributed by atoms with Crippen molar-refractivity contribution in [1.29, 1.82) is 0 Å². The van der Waals surface area contributed by atoms with E-state index in [0.29, 0.717) is 11.1 Å². The average Bonchev–Trinajstić information content (AvgIpc) is 3.00. The molecule has 3 aromatic rings. The molecule has 0 radical (unpaired) electrons. The molecule has 0 spiro atoms. The minimum Gasteiger partial charge on any atom is -0.451 e. The Bertz CT molecular complexity index is 974. The highest BCUT2D eigenvalue weighted by Crippen LogP contribution is 2.37. The van der Waals surface area contributed by atoms with Crippen LogP contribution in [-0.2, 0) is 6.18 Å². The van der Waals surface area contributed by atoms with Gasteiger partial charge in [0.2, 0.25) is 5.76 Å². The first kappa shape index (κ1) is 19.2. The molecule has 1 aromatic heterocycles. The lowest BCUT2D eigenvalue weighted by atomic mass is 10.1. The van der Waals surface area contributed by atoms with Crippen molar-refractivity contribution in [2.45, 2.75) is 13.1 Å². The Morgan fingerprint density at radius 2 is 1.74 bits per heavy atom. The molecule has 1 heterocycles. The summed E-state index contributed by atoms with van der Waals surface area (Å²) in [6.07, 6.45) is -4.86. The van der Waals surface area contributed by atoms with Crippen LogP contribution in [0.15, 0.2) is 57.4 Å². The Hall–Kier alpha value is -2.61. The Morgan fingerprint density at radius 3 is 2.33 bits per heavy atom. The summed E-state index contributed by atoms with van der Waals surface area (Å²) in [5, 5.41) is 2.28. The van der Waals surface area contributed by atoms with E-state index < -0.39 is 29.2 Å². The van der Waals surface area contributed by atoms with E-state index in [4.69, 9.17) is 4.42 Å². The SMILES string of the molecule is Cc1cc(F)cc(NC(=O)c2cc(-c3ccc(Br)cc3)oc2C(F)(F)F)c1. The first-order chi connectivity index (χ1) is 12.6. The van der Waals surface area contributed by atoms with E-state index in [-0.39, 0.29) is 11.4 Å². The Morgan fingerprint density at radius 1 is 1.07 bits per heavy atom. The number of hydrogen-bond donors (Lipinski definition) is 1. The van der Waals surface area contributed by atoms with Gasteiger partial charge in [0.25, 0.3) is 5.91 Å². The van der Waals surface area contributed by atoms with E-state index in [0.717, 1.165) is 16.6 Å². The van der Waals surface area contributed by atoms with Gasteiger partial charge in [-0.05, 0) is 48.9 Å². The summed E-state index contributed by atoms with van der Waals surface area (Å²) >= 11 is 3.24. The smallest absolute Gasteiger partial charge is 0.450 e. The summed E-state index contributed by atoms with van der Waals surface area (Å²) in [6.45, 7) is 1.60. The lowest BCUT2D eigenvalue weighted by molar-refractivity contribution is -0.153.